The van der Waals surface area contributed by atoms with Crippen LogP contribution in [0.4, 0.5) is 5.82 Å². The number of hydrogen-bond acceptors (Lipinski definition) is 3. The maximum Gasteiger partial charge on any atom is 0.238 e. The van der Waals surface area contributed by atoms with Gasteiger partial charge in [0.1, 0.15) is 5.82 Å². The summed E-state index contributed by atoms with van der Waals surface area (Å²) in [7, 11) is 0. The second-order valence-corrected chi connectivity index (χ2v) is 10.4. The summed E-state index contributed by atoms with van der Waals surface area (Å²) in [5, 5.41) is 7.40. The molecule has 1 amide bonds. The van der Waals surface area contributed by atoms with Gasteiger partial charge < -0.3 is 5.32 Å². The Labute approximate surface area is 149 Å². The van der Waals surface area contributed by atoms with Gasteiger partial charge in [-0.15, -0.1) is 11.8 Å². The maximum atomic E-state index is 12.7. The minimum absolute atomic E-state index is 0.00300. The Morgan fingerprint density at radius 1 is 1.21 bits per heavy atom. The van der Waals surface area contributed by atoms with Crippen molar-refractivity contribution in [1.29, 1.82) is 0 Å². The molecule has 5 rings (SSSR count). The quantitative estimate of drug-likeness (QED) is 0.853. The fraction of sp³-hybridized carbons (Fsp3) is 0.789. The molecule has 4 saturated carbocycles. The van der Waals surface area contributed by atoms with Crippen molar-refractivity contribution in [2.24, 2.45) is 17.8 Å². The largest absolute Gasteiger partial charge is 0.310 e. The van der Waals surface area contributed by atoms with E-state index in [1.807, 2.05) is 22.5 Å². The predicted octanol–water partition coefficient (Wildman–Crippen LogP) is 4.49. The molecule has 0 spiro atoms. The SMILES string of the molecule is CC(C)n1nccc1NC(=O)[C@H](C)SC12CC3CC(CC(C3)C1)C2. The second kappa shape index (κ2) is 6.08. The van der Waals surface area contributed by atoms with Gasteiger partial charge in [0.15, 0.2) is 0 Å². The Hall–Kier alpha value is -0.970. The van der Waals surface area contributed by atoms with Crippen molar-refractivity contribution in [3.63, 3.8) is 0 Å². The molecule has 0 radical (unpaired) electrons. The van der Waals surface area contributed by atoms with Crippen LogP contribution in [0.5, 0.6) is 0 Å². The van der Waals surface area contributed by atoms with Crippen molar-refractivity contribution < 1.29 is 4.79 Å². The van der Waals surface area contributed by atoms with Crippen molar-refractivity contribution in [3.05, 3.63) is 12.3 Å². The zero-order valence-corrected chi connectivity index (χ0v) is 15.8. The number of carbonyl (C=O) groups excluding carboxylic acids is 1. The van der Waals surface area contributed by atoms with Gasteiger partial charge in [-0.25, -0.2) is 4.68 Å². The molecule has 132 valence electrons. The number of nitrogens with one attached hydrogen (secondary N) is 1. The van der Waals surface area contributed by atoms with Crippen molar-refractivity contribution in [1.82, 2.24) is 9.78 Å². The monoisotopic (exact) mass is 347 g/mol. The molecular weight excluding hydrogens is 318 g/mol. The van der Waals surface area contributed by atoms with Crippen LogP contribution in [-0.2, 0) is 4.79 Å². The van der Waals surface area contributed by atoms with Crippen LogP contribution in [0, 0.1) is 17.8 Å². The first kappa shape index (κ1) is 16.5. The highest BCUT2D eigenvalue weighted by atomic mass is 32.2. The van der Waals surface area contributed by atoms with Crippen LogP contribution in [0.1, 0.15) is 65.3 Å². The topological polar surface area (TPSA) is 46.9 Å². The molecule has 0 aromatic carbocycles. The minimum atomic E-state index is -0.00300. The van der Waals surface area contributed by atoms with E-state index in [4.69, 9.17) is 0 Å². The van der Waals surface area contributed by atoms with Gasteiger partial charge in [-0.1, -0.05) is 0 Å². The molecule has 4 nitrogen and oxygen atoms in total. The highest BCUT2D eigenvalue weighted by molar-refractivity contribution is 8.01. The van der Waals surface area contributed by atoms with Gasteiger partial charge in [0.2, 0.25) is 5.91 Å². The van der Waals surface area contributed by atoms with Crippen molar-refractivity contribution in [2.45, 2.75) is 75.3 Å². The third-order valence-electron chi connectivity index (χ3n) is 6.19. The van der Waals surface area contributed by atoms with E-state index in [0.29, 0.717) is 4.75 Å². The van der Waals surface area contributed by atoms with Crippen LogP contribution in [0.2, 0.25) is 0 Å². The van der Waals surface area contributed by atoms with E-state index in [1.165, 1.54) is 38.5 Å². The lowest BCUT2D eigenvalue weighted by Gasteiger charge is -2.57. The summed E-state index contributed by atoms with van der Waals surface area (Å²) >= 11 is 1.96. The van der Waals surface area contributed by atoms with Crippen LogP contribution < -0.4 is 5.32 Å². The highest BCUT2D eigenvalue weighted by Gasteiger charge is 2.52. The molecule has 4 aliphatic carbocycles. The van der Waals surface area contributed by atoms with Crippen molar-refractivity contribution in [2.75, 3.05) is 5.32 Å². The number of carbonyl (C=O) groups is 1. The molecule has 0 aliphatic heterocycles. The van der Waals surface area contributed by atoms with Gasteiger partial charge in [-0.05, 0) is 77.0 Å². The second-order valence-electron chi connectivity index (χ2n) is 8.60. The van der Waals surface area contributed by atoms with E-state index in [1.54, 1.807) is 6.20 Å². The first-order valence-corrected chi connectivity index (χ1v) is 10.3. The van der Waals surface area contributed by atoms with E-state index in [0.717, 1.165) is 23.6 Å². The number of hydrogen-bond donors (Lipinski definition) is 1. The highest BCUT2D eigenvalue weighted by Crippen LogP contribution is 2.61. The molecule has 1 N–H and O–H groups in total. The Balaban J connectivity index is 1.42. The lowest BCUT2D eigenvalue weighted by Crippen LogP contribution is -2.49. The van der Waals surface area contributed by atoms with Crippen molar-refractivity contribution >= 4 is 23.5 Å². The van der Waals surface area contributed by atoms with Gasteiger partial charge in [-0.2, -0.15) is 5.10 Å². The number of thioether (sulfide) groups is 1. The van der Waals surface area contributed by atoms with Gasteiger partial charge in [0, 0.05) is 16.9 Å². The lowest BCUT2D eigenvalue weighted by molar-refractivity contribution is -0.115. The molecule has 1 heterocycles. The first-order valence-electron chi connectivity index (χ1n) is 9.46. The lowest BCUT2D eigenvalue weighted by atomic mass is 9.56. The average molecular weight is 348 g/mol. The van der Waals surface area contributed by atoms with Crippen LogP contribution in [-0.4, -0.2) is 25.7 Å². The molecule has 1 aromatic heterocycles. The van der Waals surface area contributed by atoms with E-state index in [2.05, 4.69) is 31.2 Å². The molecule has 0 saturated heterocycles. The Morgan fingerprint density at radius 2 is 1.79 bits per heavy atom. The molecule has 4 aliphatic rings. The summed E-state index contributed by atoms with van der Waals surface area (Å²) in [5.74, 6) is 3.73. The summed E-state index contributed by atoms with van der Waals surface area (Å²) in [6, 6.07) is 2.14. The standard InChI is InChI=1S/C19H29N3OS/c1-12(2)22-17(4-5-20-22)21-18(23)13(3)24-19-9-14-6-15(10-19)8-16(7-14)11-19/h4-5,12-16H,6-11H2,1-3H3,(H,21,23)/t13-,14?,15?,16?,19?/m0/s1. The van der Waals surface area contributed by atoms with E-state index in [-0.39, 0.29) is 17.2 Å². The maximum absolute atomic E-state index is 12.7. The zero-order chi connectivity index (χ0) is 16.9. The normalized spacial score (nSPS) is 35.4. The summed E-state index contributed by atoms with van der Waals surface area (Å²) in [5.41, 5.74) is 0. The number of nitrogens with zero attached hydrogens (tertiary/aromatic N) is 2. The molecule has 24 heavy (non-hydrogen) atoms. The number of aromatic nitrogens is 2. The minimum Gasteiger partial charge on any atom is -0.310 e. The summed E-state index contributed by atoms with van der Waals surface area (Å²) in [6.07, 6.45) is 10.1. The third kappa shape index (κ3) is 3.00. The molecule has 5 heteroatoms. The fourth-order valence-corrected chi connectivity index (χ4v) is 7.57. The fourth-order valence-electron chi connectivity index (χ4n) is 5.66. The summed E-state index contributed by atoms with van der Waals surface area (Å²) in [6.45, 7) is 6.24. The van der Waals surface area contributed by atoms with Crippen LogP contribution >= 0.6 is 11.8 Å². The summed E-state index contributed by atoms with van der Waals surface area (Å²) in [4.78, 5) is 12.7. The number of amides is 1. The van der Waals surface area contributed by atoms with E-state index in [9.17, 15) is 4.79 Å². The predicted molar refractivity (Wildman–Crippen MR) is 99.2 cm³/mol. The Bertz CT molecular complexity index is 589. The Kier molecular flexibility index (Phi) is 4.18. The van der Waals surface area contributed by atoms with E-state index >= 15 is 0 Å². The Morgan fingerprint density at radius 3 is 2.33 bits per heavy atom. The number of anilines is 1. The molecule has 0 unspecified atom stereocenters. The average Bonchev–Trinajstić information content (AvgIpc) is 2.93. The summed E-state index contributed by atoms with van der Waals surface area (Å²) < 4.78 is 2.25. The van der Waals surface area contributed by atoms with Gasteiger partial charge in [-0.3, -0.25) is 4.79 Å². The van der Waals surface area contributed by atoms with Gasteiger partial charge >= 0.3 is 0 Å². The van der Waals surface area contributed by atoms with E-state index < -0.39 is 0 Å². The molecule has 1 atom stereocenters. The number of rotatable bonds is 5. The van der Waals surface area contributed by atoms with Crippen LogP contribution in [0.15, 0.2) is 12.3 Å². The molecular formula is C19H29N3OS. The van der Waals surface area contributed by atoms with Crippen LogP contribution in [0.3, 0.4) is 0 Å². The van der Waals surface area contributed by atoms with Gasteiger partial charge in [0.25, 0.3) is 0 Å². The third-order valence-corrected chi connectivity index (χ3v) is 7.76. The first-order chi connectivity index (χ1) is 11.4. The van der Waals surface area contributed by atoms with Crippen LogP contribution in [0.25, 0.3) is 0 Å². The van der Waals surface area contributed by atoms with Gasteiger partial charge in [0.05, 0.1) is 11.4 Å². The van der Waals surface area contributed by atoms with Crippen molar-refractivity contribution in [3.8, 4) is 0 Å². The smallest absolute Gasteiger partial charge is 0.238 e. The molecule has 4 bridgehead atoms. The zero-order valence-electron chi connectivity index (χ0n) is 15.0. The molecule has 1 aromatic rings. The molecule has 4 fully saturated rings.